The van der Waals surface area contributed by atoms with Gasteiger partial charge in [-0.25, -0.2) is 0 Å². The molecule has 92 valence electrons. The molecule has 0 bridgehead atoms. The maximum atomic E-state index is 10.8. The highest BCUT2D eigenvalue weighted by Gasteiger charge is 2.34. The fourth-order valence-electron chi connectivity index (χ4n) is 1.95. The first-order valence-corrected chi connectivity index (χ1v) is 5.74. The summed E-state index contributed by atoms with van der Waals surface area (Å²) in [6.07, 6.45) is 0. The predicted molar refractivity (Wildman–Crippen MR) is 72.5 cm³/mol. The van der Waals surface area contributed by atoms with Gasteiger partial charge in [0.25, 0.3) is 0 Å². The van der Waals surface area contributed by atoms with E-state index in [4.69, 9.17) is 11.1 Å². The first-order chi connectivity index (χ1) is 8.55. The van der Waals surface area contributed by atoms with Gasteiger partial charge in [-0.05, 0) is 18.1 Å². The van der Waals surface area contributed by atoms with Gasteiger partial charge in [-0.3, -0.25) is 5.41 Å². The highest BCUT2D eigenvalue weighted by Crippen LogP contribution is 2.29. The van der Waals surface area contributed by atoms with E-state index in [1.54, 1.807) is 24.3 Å². The molecule has 0 fully saturated rings. The van der Waals surface area contributed by atoms with E-state index in [0.717, 1.165) is 5.56 Å². The van der Waals surface area contributed by atoms with Crippen molar-refractivity contribution in [3.63, 3.8) is 0 Å². The Bertz CT molecular complexity index is 548. The van der Waals surface area contributed by atoms with Gasteiger partial charge in [-0.1, -0.05) is 60.2 Å². The molecule has 0 radical (unpaired) electrons. The summed E-state index contributed by atoms with van der Waals surface area (Å²) in [5, 5.41) is 18.5. The molecule has 18 heavy (non-hydrogen) atoms. The Hall–Kier alpha value is -2.13. The minimum atomic E-state index is -1.56. The van der Waals surface area contributed by atoms with Crippen molar-refractivity contribution in [2.24, 2.45) is 5.73 Å². The van der Waals surface area contributed by atoms with Crippen molar-refractivity contribution in [1.29, 1.82) is 5.41 Å². The molecule has 1 unspecified atom stereocenters. The van der Waals surface area contributed by atoms with Crippen LogP contribution >= 0.6 is 0 Å². The van der Waals surface area contributed by atoms with Crippen LogP contribution in [0.2, 0.25) is 0 Å². The van der Waals surface area contributed by atoms with E-state index < -0.39 is 5.60 Å². The summed E-state index contributed by atoms with van der Waals surface area (Å²) in [6.45, 7) is 1.97. The molecule has 3 nitrogen and oxygen atoms in total. The number of benzene rings is 2. The summed E-state index contributed by atoms with van der Waals surface area (Å²) < 4.78 is 0. The van der Waals surface area contributed by atoms with E-state index in [1.807, 2.05) is 37.3 Å². The Balaban J connectivity index is 2.58. The van der Waals surface area contributed by atoms with Gasteiger partial charge in [0, 0.05) is 0 Å². The lowest BCUT2D eigenvalue weighted by Crippen LogP contribution is -2.41. The fourth-order valence-corrected chi connectivity index (χ4v) is 1.95. The fraction of sp³-hybridized carbons (Fsp3) is 0.133. The standard InChI is InChI=1S/C15H16N2O/c1-11-7-9-13(10-8-11)15(18,14(16)17)12-5-3-2-4-6-12/h2-10,18H,1H3,(H3,16,17). The van der Waals surface area contributed by atoms with Crippen molar-refractivity contribution >= 4 is 5.84 Å². The van der Waals surface area contributed by atoms with Crippen LogP contribution in [0.15, 0.2) is 54.6 Å². The summed E-state index contributed by atoms with van der Waals surface area (Å²) in [5.74, 6) is -0.280. The molecule has 0 heterocycles. The molecule has 0 spiro atoms. The largest absolute Gasteiger partial charge is 0.385 e. The molecule has 0 aliphatic heterocycles. The third-order valence-electron chi connectivity index (χ3n) is 3.05. The molecular weight excluding hydrogens is 224 g/mol. The monoisotopic (exact) mass is 240 g/mol. The molecule has 2 aromatic rings. The molecular formula is C15H16N2O. The molecule has 0 aliphatic carbocycles. The third kappa shape index (κ3) is 2.00. The van der Waals surface area contributed by atoms with Crippen LogP contribution in [0.4, 0.5) is 0 Å². The van der Waals surface area contributed by atoms with Crippen LogP contribution in [-0.4, -0.2) is 10.9 Å². The van der Waals surface area contributed by atoms with Crippen LogP contribution in [-0.2, 0) is 5.60 Å². The second-order valence-corrected chi connectivity index (χ2v) is 4.36. The Labute approximate surface area is 106 Å². The number of nitrogens with two attached hydrogens (primary N) is 1. The van der Waals surface area contributed by atoms with E-state index in [-0.39, 0.29) is 5.84 Å². The van der Waals surface area contributed by atoms with E-state index in [1.165, 1.54) is 0 Å². The smallest absolute Gasteiger partial charge is 0.171 e. The maximum absolute atomic E-state index is 10.8. The van der Waals surface area contributed by atoms with Crippen LogP contribution in [0.1, 0.15) is 16.7 Å². The van der Waals surface area contributed by atoms with Crippen LogP contribution in [0, 0.1) is 12.3 Å². The van der Waals surface area contributed by atoms with Crippen molar-refractivity contribution in [2.45, 2.75) is 12.5 Å². The van der Waals surface area contributed by atoms with Crippen molar-refractivity contribution in [3.05, 3.63) is 71.3 Å². The minimum absolute atomic E-state index is 0.280. The van der Waals surface area contributed by atoms with E-state index in [0.29, 0.717) is 11.1 Å². The van der Waals surface area contributed by atoms with Gasteiger partial charge in [-0.2, -0.15) is 0 Å². The first-order valence-electron chi connectivity index (χ1n) is 5.74. The SMILES string of the molecule is Cc1ccc(C(O)(C(=N)N)c2ccccc2)cc1. The average molecular weight is 240 g/mol. The Kier molecular flexibility index (Phi) is 3.17. The molecule has 3 heteroatoms. The zero-order valence-electron chi connectivity index (χ0n) is 10.2. The number of aryl methyl sites for hydroxylation is 1. The molecule has 2 aromatic carbocycles. The number of aliphatic hydroxyl groups is 1. The first kappa shape index (κ1) is 12.3. The normalized spacial score (nSPS) is 13.9. The van der Waals surface area contributed by atoms with Gasteiger partial charge in [0.1, 0.15) is 5.84 Å². The van der Waals surface area contributed by atoms with Crippen LogP contribution in [0.5, 0.6) is 0 Å². The molecule has 0 amide bonds. The van der Waals surface area contributed by atoms with Gasteiger partial charge in [0.15, 0.2) is 5.60 Å². The lowest BCUT2D eigenvalue weighted by molar-refractivity contribution is 0.153. The van der Waals surface area contributed by atoms with E-state index in [2.05, 4.69) is 0 Å². The van der Waals surface area contributed by atoms with Gasteiger partial charge < -0.3 is 10.8 Å². The van der Waals surface area contributed by atoms with Crippen LogP contribution < -0.4 is 5.73 Å². The van der Waals surface area contributed by atoms with Crippen molar-refractivity contribution < 1.29 is 5.11 Å². The topological polar surface area (TPSA) is 70.1 Å². The molecule has 0 aromatic heterocycles. The second-order valence-electron chi connectivity index (χ2n) is 4.36. The van der Waals surface area contributed by atoms with Crippen LogP contribution in [0.25, 0.3) is 0 Å². The van der Waals surface area contributed by atoms with Crippen LogP contribution in [0.3, 0.4) is 0 Å². The predicted octanol–water partition coefficient (Wildman–Crippen LogP) is 2.17. The number of amidine groups is 1. The van der Waals surface area contributed by atoms with Crippen molar-refractivity contribution in [3.8, 4) is 0 Å². The zero-order chi connectivity index (χ0) is 13.2. The molecule has 0 saturated heterocycles. The highest BCUT2D eigenvalue weighted by atomic mass is 16.3. The van der Waals surface area contributed by atoms with Gasteiger partial charge in [0.2, 0.25) is 0 Å². The molecule has 1 atom stereocenters. The lowest BCUT2D eigenvalue weighted by Gasteiger charge is -2.28. The number of hydrogen-bond acceptors (Lipinski definition) is 2. The van der Waals surface area contributed by atoms with E-state index >= 15 is 0 Å². The summed E-state index contributed by atoms with van der Waals surface area (Å²) in [5.41, 5.74) is 6.34. The average Bonchev–Trinajstić information content (AvgIpc) is 2.39. The summed E-state index contributed by atoms with van der Waals surface area (Å²) in [7, 11) is 0. The third-order valence-corrected chi connectivity index (χ3v) is 3.05. The zero-order valence-corrected chi connectivity index (χ0v) is 10.2. The summed E-state index contributed by atoms with van der Waals surface area (Å²) in [4.78, 5) is 0. The summed E-state index contributed by atoms with van der Waals surface area (Å²) >= 11 is 0. The number of hydrogen-bond donors (Lipinski definition) is 3. The maximum Gasteiger partial charge on any atom is 0.171 e. The van der Waals surface area contributed by atoms with E-state index in [9.17, 15) is 5.11 Å². The Morgan fingerprint density at radius 2 is 1.50 bits per heavy atom. The van der Waals surface area contributed by atoms with Crippen molar-refractivity contribution in [1.82, 2.24) is 0 Å². The quantitative estimate of drug-likeness (QED) is 0.568. The Morgan fingerprint density at radius 3 is 2.00 bits per heavy atom. The Morgan fingerprint density at radius 1 is 1.00 bits per heavy atom. The molecule has 0 saturated carbocycles. The molecule has 2 rings (SSSR count). The van der Waals surface area contributed by atoms with Gasteiger partial charge in [0.05, 0.1) is 0 Å². The highest BCUT2D eigenvalue weighted by molar-refractivity contribution is 5.90. The summed E-state index contributed by atoms with van der Waals surface area (Å²) in [6, 6.07) is 16.4. The number of nitrogens with one attached hydrogen (secondary N) is 1. The van der Waals surface area contributed by atoms with Gasteiger partial charge in [-0.15, -0.1) is 0 Å². The molecule has 4 N–H and O–H groups in total. The van der Waals surface area contributed by atoms with Gasteiger partial charge >= 0.3 is 0 Å². The molecule has 0 aliphatic rings. The minimum Gasteiger partial charge on any atom is -0.385 e. The second kappa shape index (κ2) is 4.63. The lowest BCUT2D eigenvalue weighted by atomic mass is 9.85. The number of rotatable bonds is 3. The van der Waals surface area contributed by atoms with Crippen molar-refractivity contribution in [2.75, 3.05) is 0 Å².